The Labute approximate surface area is 85.0 Å². The lowest BCUT2D eigenvalue weighted by Gasteiger charge is -2.20. The van der Waals surface area contributed by atoms with Crippen molar-refractivity contribution in [3.8, 4) is 0 Å². The van der Waals surface area contributed by atoms with Gasteiger partial charge in [0, 0.05) is 26.2 Å². The molecule has 0 aromatic heterocycles. The molecule has 0 radical (unpaired) electrons. The monoisotopic (exact) mass is 201 g/mol. The van der Waals surface area contributed by atoms with Gasteiger partial charge in [-0.1, -0.05) is 0 Å². The first-order valence-electron chi connectivity index (χ1n) is 5.14. The number of nitrogens with one attached hydrogen (secondary N) is 1. The lowest BCUT2D eigenvalue weighted by molar-refractivity contribution is -0.125. The zero-order valence-electron chi connectivity index (χ0n) is 8.75. The van der Waals surface area contributed by atoms with Gasteiger partial charge in [0.05, 0.1) is 19.8 Å². The molecule has 0 spiro atoms. The van der Waals surface area contributed by atoms with Crippen molar-refractivity contribution in [3.63, 3.8) is 0 Å². The molecule has 0 aromatic rings. The molecule has 1 rings (SSSR count). The molecule has 14 heavy (non-hydrogen) atoms. The van der Waals surface area contributed by atoms with Crippen molar-refractivity contribution in [1.82, 2.24) is 5.32 Å². The van der Waals surface area contributed by atoms with Gasteiger partial charge >= 0.3 is 0 Å². The predicted octanol–water partition coefficient (Wildman–Crippen LogP) is 0.218. The molecule has 1 aliphatic heterocycles. The van der Waals surface area contributed by atoms with Crippen molar-refractivity contribution in [2.75, 3.05) is 40.0 Å². The zero-order chi connectivity index (χ0) is 10.2. The molecule has 4 nitrogen and oxygen atoms in total. The third kappa shape index (κ3) is 4.17. The van der Waals surface area contributed by atoms with Crippen LogP contribution in [0.25, 0.3) is 0 Å². The highest BCUT2D eigenvalue weighted by Gasteiger charge is 2.20. The number of Topliss-reactive ketones (excluding diaryl/α,β-unsaturated/α-hetero) is 1. The molecule has 1 saturated heterocycles. The molecular weight excluding hydrogens is 182 g/mol. The second-order valence-corrected chi connectivity index (χ2v) is 3.55. The Morgan fingerprint density at radius 1 is 1.64 bits per heavy atom. The van der Waals surface area contributed by atoms with Gasteiger partial charge in [-0.05, 0) is 12.8 Å². The van der Waals surface area contributed by atoms with E-state index in [1.54, 1.807) is 7.11 Å². The van der Waals surface area contributed by atoms with Crippen molar-refractivity contribution in [2.24, 2.45) is 5.92 Å². The molecule has 0 aromatic carbocycles. The maximum Gasteiger partial charge on any atom is 0.151 e. The largest absolute Gasteiger partial charge is 0.383 e. The predicted molar refractivity (Wildman–Crippen MR) is 53.3 cm³/mol. The fourth-order valence-electron chi connectivity index (χ4n) is 1.52. The van der Waals surface area contributed by atoms with E-state index in [0.717, 1.165) is 26.0 Å². The van der Waals surface area contributed by atoms with Gasteiger partial charge in [-0.25, -0.2) is 0 Å². The Morgan fingerprint density at radius 3 is 3.14 bits per heavy atom. The summed E-state index contributed by atoms with van der Waals surface area (Å²) in [5.74, 6) is 0.375. The molecule has 1 N–H and O–H groups in total. The Bertz CT molecular complexity index is 167. The van der Waals surface area contributed by atoms with Crippen LogP contribution >= 0.6 is 0 Å². The van der Waals surface area contributed by atoms with E-state index in [1.807, 2.05) is 0 Å². The normalized spacial score (nSPS) is 22.2. The van der Waals surface area contributed by atoms with Crippen LogP contribution < -0.4 is 5.32 Å². The second kappa shape index (κ2) is 6.92. The van der Waals surface area contributed by atoms with Crippen LogP contribution in [-0.2, 0) is 14.3 Å². The number of carbonyl (C=O) groups excluding carboxylic acids is 1. The molecular formula is C10H19NO3. The second-order valence-electron chi connectivity index (χ2n) is 3.55. The van der Waals surface area contributed by atoms with Crippen LogP contribution in [0.4, 0.5) is 0 Å². The fourth-order valence-corrected chi connectivity index (χ4v) is 1.52. The summed E-state index contributed by atoms with van der Waals surface area (Å²) >= 11 is 0. The third-order valence-electron chi connectivity index (χ3n) is 2.40. The minimum absolute atomic E-state index is 0.110. The van der Waals surface area contributed by atoms with Gasteiger partial charge in [0.15, 0.2) is 5.78 Å². The van der Waals surface area contributed by atoms with E-state index in [2.05, 4.69) is 5.32 Å². The average Bonchev–Trinajstić information content (AvgIpc) is 2.25. The summed E-state index contributed by atoms with van der Waals surface area (Å²) in [5, 5.41) is 3.05. The van der Waals surface area contributed by atoms with Crippen molar-refractivity contribution in [3.05, 3.63) is 0 Å². The topological polar surface area (TPSA) is 47.6 Å². The van der Waals surface area contributed by atoms with Crippen molar-refractivity contribution < 1.29 is 14.3 Å². The van der Waals surface area contributed by atoms with Gasteiger partial charge in [-0.2, -0.15) is 0 Å². The van der Waals surface area contributed by atoms with Gasteiger partial charge in [-0.3, -0.25) is 4.79 Å². The summed E-state index contributed by atoms with van der Waals surface area (Å²) in [6, 6.07) is 0. The summed E-state index contributed by atoms with van der Waals surface area (Å²) in [4.78, 5) is 11.6. The van der Waals surface area contributed by atoms with Crippen molar-refractivity contribution in [1.29, 1.82) is 0 Å². The Kier molecular flexibility index (Phi) is 5.75. The third-order valence-corrected chi connectivity index (χ3v) is 2.40. The number of carbonyl (C=O) groups is 1. The van der Waals surface area contributed by atoms with E-state index in [0.29, 0.717) is 19.8 Å². The lowest BCUT2D eigenvalue weighted by Crippen LogP contribution is -2.34. The Hall–Kier alpha value is -0.450. The quantitative estimate of drug-likeness (QED) is 0.624. The van der Waals surface area contributed by atoms with Crippen LogP contribution in [0.2, 0.25) is 0 Å². The molecule has 82 valence electrons. The number of hydrogen-bond donors (Lipinski definition) is 1. The standard InChI is InChI=1S/C10H19NO3/c1-13-6-4-11-7-10(12)9-3-2-5-14-8-9/h9,11H,2-8H2,1H3. The highest BCUT2D eigenvalue weighted by molar-refractivity contribution is 5.83. The summed E-state index contributed by atoms with van der Waals surface area (Å²) in [7, 11) is 1.65. The van der Waals surface area contributed by atoms with Crippen LogP contribution in [0.1, 0.15) is 12.8 Å². The van der Waals surface area contributed by atoms with Gasteiger partial charge < -0.3 is 14.8 Å². The van der Waals surface area contributed by atoms with Crippen molar-refractivity contribution in [2.45, 2.75) is 12.8 Å². The van der Waals surface area contributed by atoms with Crippen LogP contribution in [-0.4, -0.2) is 45.8 Å². The first kappa shape index (κ1) is 11.6. The Balaban J connectivity index is 2.07. The average molecular weight is 201 g/mol. The number of rotatable bonds is 6. The van der Waals surface area contributed by atoms with Crippen LogP contribution in [0, 0.1) is 5.92 Å². The summed E-state index contributed by atoms with van der Waals surface area (Å²) < 4.78 is 10.1. The van der Waals surface area contributed by atoms with E-state index in [-0.39, 0.29) is 11.7 Å². The van der Waals surface area contributed by atoms with Crippen LogP contribution in [0.15, 0.2) is 0 Å². The van der Waals surface area contributed by atoms with E-state index >= 15 is 0 Å². The van der Waals surface area contributed by atoms with E-state index in [1.165, 1.54) is 0 Å². The van der Waals surface area contributed by atoms with E-state index in [9.17, 15) is 4.79 Å². The molecule has 1 heterocycles. The fraction of sp³-hybridized carbons (Fsp3) is 0.900. The van der Waals surface area contributed by atoms with Crippen LogP contribution in [0.3, 0.4) is 0 Å². The van der Waals surface area contributed by atoms with E-state index in [4.69, 9.17) is 9.47 Å². The molecule has 0 saturated carbocycles. The van der Waals surface area contributed by atoms with Gasteiger partial charge in [0.2, 0.25) is 0 Å². The summed E-state index contributed by atoms with van der Waals surface area (Å²) in [6.07, 6.45) is 1.99. The van der Waals surface area contributed by atoms with Crippen LogP contribution in [0.5, 0.6) is 0 Å². The number of ether oxygens (including phenoxy) is 2. The summed E-state index contributed by atoms with van der Waals surface area (Å²) in [5.41, 5.74) is 0. The molecule has 1 fully saturated rings. The highest BCUT2D eigenvalue weighted by Crippen LogP contribution is 2.13. The minimum atomic E-state index is 0.110. The maximum atomic E-state index is 11.6. The first-order chi connectivity index (χ1) is 6.84. The zero-order valence-corrected chi connectivity index (χ0v) is 8.75. The minimum Gasteiger partial charge on any atom is -0.383 e. The van der Waals surface area contributed by atoms with Gasteiger partial charge in [0.25, 0.3) is 0 Å². The van der Waals surface area contributed by atoms with E-state index < -0.39 is 0 Å². The number of ketones is 1. The Morgan fingerprint density at radius 2 is 2.50 bits per heavy atom. The highest BCUT2D eigenvalue weighted by atomic mass is 16.5. The van der Waals surface area contributed by atoms with Crippen molar-refractivity contribution >= 4 is 5.78 Å². The lowest BCUT2D eigenvalue weighted by atomic mass is 9.97. The maximum absolute atomic E-state index is 11.6. The molecule has 1 aliphatic rings. The molecule has 1 atom stereocenters. The summed E-state index contributed by atoms with van der Waals surface area (Å²) in [6.45, 7) is 3.23. The molecule has 1 unspecified atom stereocenters. The SMILES string of the molecule is COCCNCC(=O)C1CCCOC1. The molecule has 0 aliphatic carbocycles. The molecule has 0 bridgehead atoms. The molecule has 4 heteroatoms. The number of hydrogen-bond acceptors (Lipinski definition) is 4. The van der Waals surface area contributed by atoms with Gasteiger partial charge in [-0.15, -0.1) is 0 Å². The smallest absolute Gasteiger partial charge is 0.151 e. The first-order valence-corrected chi connectivity index (χ1v) is 5.14. The molecule has 0 amide bonds. The number of methoxy groups -OCH3 is 1. The van der Waals surface area contributed by atoms with Gasteiger partial charge in [0.1, 0.15) is 0 Å².